The number of rotatable bonds is 6. The molecule has 0 aliphatic carbocycles. The van der Waals surface area contributed by atoms with Crippen LogP contribution in [0.2, 0.25) is 0 Å². The number of benzene rings is 1. The average Bonchev–Trinajstić information content (AvgIpc) is 3.21. The number of hydrogen-bond acceptors (Lipinski definition) is 4. The number of aromatic nitrogens is 2. The van der Waals surface area contributed by atoms with Gasteiger partial charge in [0.15, 0.2) is 0 Å². The number of nitrogens with one attached hydrogen (secondary N) is 1. The van der Waals surface area contributed by atoms with Crippen molar-refractivity contribution in [3.05, 3.63) is 36.3 Å². The average molecular weight is 353 g/mol. The minimum absolute atomic E-state index is 0.409. The quantitative estimate of drug-likeness (QED) is 0.784. The number of likely N-dealkylation sites (tertiary alicyclic amines) is 1. The highest BCUT2D eigenvalue weighted by Gasteiger charge is 2.34. The van der Waals surface area contributed by atoms with Gasteiger partial charge < -0.3 is 15.4 Å². The summed E-state index contributed by atoms with van der Waals surface area (Å²) in [4.78, 5) is 10.4. The molecule has 0 saturated carbocycles. The molecule has 2 heterocycles. The lowest BCUT2D eigenvalue weighted by Crippen LogP contribution is -2.55. The molecule has 0 bridgehead atoms. The number of nitrogens with zero attached hydrogens (tertiary/aromatic N) is 2. The standard InChI is InChI=1S/C20H30BN4O/c1-19(2,22)20(3,4)26-21-15-10-8-14(9-11-15)16-13-23-18(24-16)17-7-6-12-25(17)5/h8-11,13,17H,6-7,12,22H2,1-5H3,(H,23,24). The normalized spacial score (nSPS) is 19.1. The van der Waals surface area contributed by atoms with E-state index in [0.29, 0.717) is 6.04 Å². The van der Waals surface area contributed by atoms with Crippen molar-refractivity contribution in [3.8, 4) is 11.3 Å². The third-order valence-corrected chi connectivity index (χ3v) is 5.69. The van der Waals surface area contributed by atoms with E-state index in [9.17, 15) is 0 Å². The highest BCUT2D eigenvalue weighted by Crippen LogP contribution is 2.29. The molecular formula is C20H30BN4O. The molecule has 6 heteroatoms. The van der Waals surface area contributed by atoms with Crippen LogP contribution in [0.5, 0.6) is 0 Å². The molecule has 0 spiro atoms. The number of H-pyrrole nitrogens is 1. The number of hydrogen-bond donors (Lipinski definition) is 2. The Hall–Kier alpha value is -1.63. The van der Waals surface area contributed by atoms with Crippen LogP contribution in [0, 0.1) is 0 Å². The lowest BCUT2D eigenvalue weighted by molar-refractivity contribution is 0.0462. The summed E-state index contributed by atoms with van der Waals surface area (Å²) in [6.45, 7) is 9.10. The topological polar surface area (TPSA) is 67.2 Å². The summed E-state index contributed by atoms with van der Waals surface area (Å²) in [6.07, 6.45) is 4.33. The number of imidazole rings is 1. The molecule has 1 saturated heterocycles. The van der Waals surface area contributed by atoms with Gasteiger partial charge in [0.2, 0.25) is 0 Å². The van der Waals surface area contributed by atoms with Crippen molar-refractivity contribution < 1.29 is 4.65 Å². The second-order valence-electron chi connectivity index (χ2n) is 8.41. The molecule has 1 aromatic heterocycles. The van der Waals surface area contributed by atoms with Gasteiger partial charge in [0.25, 0.3) is 0 Å². The van der Waals surface area contributed by atoms with Crippen LogP contribution in [-0.4, -0.2) is 47.1 Å². The Morgan fingerprint density at radius 2 is 1.92 bits per heavy atom. The van der Waals surface area contributed by atoms with Gasteiger partial charge in [0.1, 0.15) is 5.82 Å². The third-order valence-electron chi connectivity index (χ3n) is 5.69. The minimum Gasteiger partial charge on any atom is -0.428 e. The maximum atomic E-state index is 6.18. The van der Waals surface area contributed by atoms with Gasteiger partial charge in [-0.25, -0.2) is 4.98 Å². The fraction of sp³-hybridized carbons (Fsp3) is 0.550. The smallest absolute Gasteiger partial charge is 0.330 e. The van der Waals surface area contributed by atoms with Gasteiger partial charge in [-0.15, -0.1) is 0 Å². The lowest BCUT2D eigenvalue weighted by Gasteiger charge is -2.38. The zero-order valence-electron chi connectivity index (χ0n) is 16.5. The second kappa shape index (κ2) is 7.18. The Morgan fingerprint density at radius 3 is 2.50 bits per heavy atom. The van der Waals surface area contributed by atoms with Crippen molar-refractivity contribution in [2.75, 3.05) is 13.6 Å². The Labute approximate surface area is 157 Å². The minimum atomic E-state index is -0.447. The van der Waals surface area contributed by atoms with Crippen LogP contribution in [0.3, 0.4) is 0 Å². The number of aromatic amines is 1. The molecule has 1 atom stereocenters. The van der Waals surface area contributed by atoms with Crippen molar-refractivity contribution in [2.45, 2.75) is 57.7 Å². The van der Waals surface area contributed by atoms with Crippen LogP contribution in [0.25, 0.3) is 11.3 Å². The van der Waals surface area contributed by atoms with E-state index in [-0.39, 0.29) is 0 Å². The van der Waals surface area contributed by atoms with E-state index in [1.807, 2.05) is 33.9 Å². The summed E-state index contributed by atoms with van der Waals surface area (Å²) in [6, 6.07) is 8.69. The maximum absolute atomic E-state index is 6.18. The Kier molecular flexibility index (Phi) is 5.29. The molecule has 3 N–H and O–H groups in total. The summed E-state index contributed by atoms with van der Waals surface area (Å²) in [7, 11) is 3.94. The molecule has 1 fully saturated rings. The van der Waals surface area contributed by atoms with Crippen molar-refractivity contribution in [2.24, 2.45) is 5.73 Å². The van der Waals surface area contributed by atoms with E-state index < -0.39 is 11.1 Å². The summed E-state index contributed by atoms with van der Waals surface area (Å²) >= 11 is 0. The van der Waals surface area contributed by atoms with Gasteiger partial charge in [0, 0.05) is 5.54 Å². The van der Waals surface area contributed by atoms with Crippen LogP contribution < -0.4 is 11.2 Å². The monoisotopic (exact) mass is 353 g/mol. The second-order valence-corrected chi connectivity index (χ2v) is 8.41. The van der Waals surface area contributed by atoms with Gasteiger partial charge >= 0.3 is 7.48 Å². The number of nitrogens with two attached hydrogens (primary N) is 1. The van der Waals surface area contributed by atoms with Crippen molar-refractivity contribution in [1.82, 2.24) is 14.9 Å². The van der Waals surface area contributed by atoms with Crippen LogP contribution in [-0.2, 0) is 4.65 Å². The molecule has 1 aliphatic heterocycles. The maximum Gasteiger partial charge on any atom is 0.330 e. The SMILES string of the molecule is CN1CCCC1c1ncc(-c2ccc([B]OC(C)(C)C(C)(C)N)cc2)[nH]1. The first-order valence-corrected chi connectivity index (χ1v) is 9.33. The summed E-state index contributed by atoms with van der Waals surface area (Å²) < 4.78 is 5.93. The van der Waals surface area contributed by atoms with Gasteiger partial charge in [-0.05, 0) is 59.7 Å². The Morgan fingerprint density at radius 1 is 1.23 bits per heavy atom. The molecular weight excluding hydrogens is 323 g/mol. The summed E-state index contributed by atoms with van der Waals surface area (Å²) in [5.41, 5.74) is 8.50. The van der Waals surface area contributed by atoms with Gasteiger partial charge in [-0.2, -0.15) is 0 Å². The first-order valence-electron chi connectivity index (χ1n) is 9.33. The van der Waals surface area contributed by atoms with Gasteiger partial charge in [-0.3, -0.25) is 4.90 Å². The van der Waals surface area contributed by atoms with E-state index in [1.165, 1.54) is 12.8 Å². The zero-order chi connectivity index (χ0) is 18.9. The first-order chi connectivity index (χ1) is 12.2. The van der Waals surface area contributed by atoms with Crippen molar-refractivity contribution in [3.63, 3.8) is 0 Å². The fourth-order valence-corrected chi connectivity index (χ4v) is 3.02. The van der Waals surface area contributed by atoms with Crippen LogP contribution in [0.1, 0.15) is 52.4 Å². The molecule has 139 valence electrons. The van der Waals surface area contributed by atoms with E-state index in [4.69, 9.17) is 10.4 Å². The molecule has 1 radical (unpaired) electrons. The van der Waals surface area contributed by atoms with Gasteiger partial charge in [0.05, 0.1) is 23.5 Å². The molecule has 1 aromatic carbocycles. The Balaban J connectivity index is 1.66. The first kappa shape index (κ1) is 19.1. The summed E-state index contributed by atoms with van der Waals surface area (Å²) in [5, 5.41) is 0. The highest BCUT2D eigenvalue weighted by molar-refractivity contribution is 6.47. The molecule has 5 nitrogen and oxygen atoms in total. The van der Waals surface area contributed by atoms with Gasteiger partial charge in [-0.1, -0.05) is 29.7 Å². The predicted molar refractivity (Wildman–Crippen MR) is 107 cm³/mol. The molecule has 3 rings (SSSR count). The van der Waals surface area contributed by atoms with E-state index in [0.717, 1.165) is 29.1 Å². The predicted octanol–water partition coefficient (Wildman–Crippen LogP) is 2.62. The van der Waals surface area contributed by atoms with E-state index in [1.54, 1.807) is 7.48 Å². The van der Waals surface area contributed by atoms with E-state index in [2.05, 4.69) is 46.2 Å². The van der Waals surface area contributed by atoms with Crippen molar-refractivity contribution >= 4 is 12.9 Å². The van der Waals surface area contributed by atoms with Crippen molar-refractivity contribution in [1.29, 1.82) is 0 Å². The van der Waals surface area contributed by atoms with Crippen LogP contribution >= 0.6 is 0 Å². The largest absolute Gasteiger partial charge is 0.428 e. The molecule has 1 unspecified atom stereocenters. The Bertz CT molecular complexity index is 733. The molecule has 2 aromatic rings. The third kappa shape index (κ3) is 4.03. The fourth-order valence-electron chi connectivity index (χ4n) is 3.02. The molecule has 26 heavy (non-hydrogen) atoms. The van der Waals surface area contributed by atoms with Crippen LogP contribution in [0.4, 0.5) is 0 Å². The summed E-state index contributed by atoms with van der Waals surface area (Å²) in [5.74, 6) is 1.06. The van der Waals surface area contributed by atoms with E-state index >= 15 is 0 Å². The zero-order valence-corrected chi connectivity index (χ0v) is 16.5. The molecule has 0 amide bonds. The van der Waals surface area contributed by atoms with Crippen LogP contribution in [0.15, 0.2) is 30.5 Å². The molecule has 1 aliphatic rings. The highest BCUT2D eigenvalue weighted by atomic mass is 16.5. The lowest BCUT2D eigenvalue weighted by atomic mass is 9.81.